The highest BCUT2D eigenvalue weighted by atomic mass is 32.2. The highest BCUT2D eigenvalue weighted by Crippen LogP contribution is 2.24. The van der Waals surface area contributed by atoms with Crippen LogP contribution in [-0.4, -0.2) is 65.6 Å². The number of hydrogen-bond acceptors (Lipinski definition) is 6. The topological polar surface area (TPSA) is 58.6 Å². The van der Waals surface area contributed by atoms with E-state index in [0.29, 0.717) is 11.7 Å². The molecule has 0 spiro atoms. The number of carbonyl (C=O) groups excluding carboxylic acids is 1. The molecule has 1 aromatic rings. The predicted molar refractivity (Wildman–Crippen MR) is 78.2 cm³/mol. The van der Waals surface area contributed by atoms with E-state index >= 15 is 0 Å². The van der Waals surface area contributed by atoms with E-state index in [2.05, 4.69) is 9.97 Å². The number of anilines is 1. The molecule has 0 aliphatic carbocycles. The smallest absolute Gasteiger partial charge is 0.229 e. The van der Waals surface area contributed by atoms with Crippen LogP contribution in [0.1, 0.15) is 0 Å². The van der Waals surface area contributed by atoms with Gasteiger partial charge in [-0.15, -0.1) is 0 Å². The minimum Gasteiger partial charge on any atom is -0.494 e. The molecule has 0 N–H and O–H groups in total. The van der Waals surface area contributed by atoms with Gasteiger partial charge in [0, 0.05) is 37.7 Å². The van der Waals surface area contributed by atoms with Gasteiger partial charge in [-0.05, 0) is 0 Å². The van der Waals surface area contributed by atoms with E-state index in [-0.39, 0.29) is 11.8 Å². The first kappa shape index (κ1) is 13.5. The standard InChI is InChI=1S/C13H18N4O2S/c1-19-11-6-14-13(15-7-11)17-8-10(9-17)12(18)16-2-4-20-5-3-16/h6-7,10H,2-5,8-9H2,1H3. The van der Waals surface area contributed by atoms with Crippen LogP contribution in [0, 0.1) is 5.92 Å². The van der Waals surface area contributed by atoms with Crippen molar-refractivity contribution in [1.82, 2.24) is 14.9 Å². The van der Waals surface area contributed by atoms with Crippen molar-refractivity contribution in [3.63, 3.8) is 0 Å². The normalized spacial score (nSPS) is 19.6. The fourth-order valence-corrected chi connectivity index (χ4v) is 3.32. The Balaban J connectivity index is 1.53. The quantitative estimate of drug-likeness (QED) is 0.809. The lowest BCUT2D eigenvalue weighted by Crippen LogP contribution is -2.56. The molecule has 6 nitrogen and oxygen atoms in total. The monoisotopic (exact) mass is 294 g/mol. The van der Waals surface area contributed by atoms with E-state index in [1.807, 2.05) is 21.6 Å². The van der Waals surface area contributed by atoms with Gasteiger partial charge in [0.2, 0.25) is 11.9 Å². The second kappa shape index (κ2) is 5.87. The first-order valence-corrected chi connectivity index (χ1v) is 7.91. The summed E-state index contributed by atoms with van der Waals surface area (Å²) in [6.07, 6.45) is 3.30. The summed E-state index contributed by atoms with van der Waals surface area (Å²) in [5.41, 5.74) is 0. The number of hydrogen-bond donors (Lipinski definition) is 0. The predicted octanol–water partition coefficient (Wildman–Crippen LogP) is 0.497. The number of nitrogens with zero attached hydrogens (tertiary/aromatic N) is 4. The first-order chi connectivity index (χ1) is 9.78. The Bertz CT molecular complexity index is 470. The summed E-state index contributed by atoms with van der Waals surface area (Å²) in [5, 5.41) is 0. The number of methoxy groups -OCH3 is 1. The number of amides is 1. The van der Waals surface area contributed by atoms with Crippen LogP contribution in [0.4, 0.5) is 5.95 Å². The molecule has 3 rings (SSSR count). The van der Waals surface area contributed by atoms with Gasteiger partial charge in [-0.25, -0.2) is 9.97 Å². The number of thioether (sulfide) groups is 1. The zero-order chi connectivity index (χ0) is 13.9. The van der Waals surface area contributed by atoms with E-state index in [9.17, 15) is 4.79 Å². The van der Waals surface area contributed by atoms with Crippen LogP contribution < -0.4 is 9.64 Å². The number of ether oxygens (including phenoxy) is 1. The van der Waals surface area contributed by atoms with Crippen LogP contribution in [0.3, 0.4) is 0 Å². The summed E-state index contributed by atoms with van der Waals surface area (Å²) >= 11 is 1.92. The fraction of sp³-hybridized carbons (Fsp3) is 0.615. The molecule has 1 aromatic heterocycles. The van der Waals surface area contributed by atoms with Crippen molar-refractivity contribution >= 4 is 23.6 Å². The first-order valence-electron chi connectivity index (χ1n) is 6.75. The third kappa shape index (κ3) is 2.67. The lowest BCUT2D eigenvalue weighted by atomic mass is 9.99. The van der Waals surface area contributed by atoms with Crippen LogP contribution in [0.2, 0.25) is 0 Å². The molecule has 2 aliphatic rings. The van der Waals surface area contributed by atoms with Gasteiger partial charge in [-0.3, -0.25) is 4.79 Å². The third-order valence-electron chi connectivity index (χ3n) is 3.69. The summed E-state index contributed by atoms with van der Waals surface area (Å²) in [6.45, 7) is 3.21. The maximum Gasteiger partial charge on any atom is 0.229 e. The summed E-state index contributed by atoms with van der Waals surface area (Å²) < 4.78 is 5.03. The molecule has 7 heteroatoms. The van der Waals surface area contributed by atoms with Crippen molar-refractivity contribution in [2.75, 3.05) is 49.7 Å². The SMILES string of the molecule is COc1cnc(N2CC(C(=O)N3CCSCC3)C2)nc1. The van der Waals surface area contributed by atoms with E-state index in [1.54, 1.807) is 19.5 Å². The Labute approximate surface area is 122 Å². The average molecular weight is 294 g/mol. The molecule has 108 valence electrons. The van der Waals surface area contributed by atoms with Crippen LogP contribution in [0.25, 0.3) is 0 Å². The molecule has 0 bridgehead atoms. The van der Waals surface area contributed by atoms with Gasteiger partial charge in [0.05, 0.1) is 25.4 Å². The second-order valence-electron chi connectivity index (χ2n) is 4.96. The van der Waals surface area contributed by atoms with Crippen molar-refractivity contribution in [2.24, 2.45) is 5.92 Å². The lowest BCUT2D eigenvalue weighted by Gasteiger charge is -2.41. The molecule has 0 saturated carbocycles. The van der Waals surface area contributed by atoms with Gasteiger partial charge >= 0.3 is 0 Å². The molecule has 2 fully saturated rings. The van der Waals surface area contributed by atoms with Crippen molar-refractivity contribution < 1.29 is 9.53 Å². The zero-order valence-corrected chi connectivity index (χ0v) is 12.3. The molecule has 20 heavy (non-hydrogen) atoms. The van der Waals surface area contributed by atoms with Gasteiger partial charge in [0.15, 0.2) is 5.75 Å². The van der Waals surface area contributed by atoms with Crippen molar-refractivity contribution in [2.45, 2.75) is 0 Å². The highest BCUT2D eigenvalue weighted by Gasteiger charge is 2.36. The molecular weight excluding hydrogens is 276 g/mol. The molecule has 2 saturated heterocycles. The van der Waals surface area contributed by atoms with Crippen molar-refractivity contribution in [3.8, 4) is 5.75 Å². The molecule has 2 aliphatic heterocycles. The average Bonchev–Trinajstić information content (AvgIpc) is 2.47. The summed E-state index contributed by atoms with van der Waals surface area (Å²) in [4.78, 5) is 24.8. The second-order valence-corrected chi connectivity index (χ2v) is 6.19. The van der Waals surface area contributed by atoms with Crippen LogP contribution in [-0.2, 0) is 4.79 Å². The van der Waals surface area contributed by atoms with Crippen LogP contribution >= 0.6 is 11.8 Å². The molecule has 3 heterocycles. The van der Waals surface area contributed by atoms with Crippen LogP contribution in [0.5, 0.6) is 5.75 Å². The number of aromatic nitrogens is 2. The van der Waals surface area contributed by atoms with Gasteiger partial charge in [0.1, 0.15) is 0 Å². The van der Waals surface area contributed by atoms with Gasteiger partial charge in [0.25, 0.3) is 0 Å². The summed E-state index contributed by atoms with van der Waals surface area (Å²) in [7, 11) is 1.59. The molecule has 0 radical (unpaired) electrons. The zero-order valence-electron chi connectivity index (χ0n) is 11.5. The minimum absolute atomic E-state index is 0.101. The highest BCUT2D eigenvalue weighted by molar-refractivity contribution is 7.99. The Morgan fingerprint density at radius 3 is 2.55 bits per heavy atom. The molecule has 0 atom stereocenters. The minimum atomic E-state index is 0.101. The van der Waals surface area contributed by atoms with Crippen molar-refractivity contribution in [1.29, 1.82) is 0 Å². The summed E-state index contributed by atoms with van der Waals surface area (Å²) in [6, 6.07) is 0. The van der Waals surface area contributed by atoms with E-state index < -0.39 is 0 Å². The van der Waals surface area contributed by atoms with Gasteiger partial charge < -0.3 is 14.5 Å². The van der Waals surface area contributed by atoms with Crippen molar-refractivity contribution in [3.05, 3.63) is 12.4 Å². The Morgan fingerprint density at radius 2 is 1.95 bits per heavy atom. The van der Waals surface area contributed by atoms with Crippen LogP contribution in [0.15, 0.2) is 12.4 Å². The fourth-order valence-electron chi connectivity index (χ4n) is 2.42. The molecule has 1 amide bonds. The molecule has 0 aromatic carbocycles. The van der Waals surface area contributed by atoms with E-state index in [0.717, 1.165) is 37.7 Å². The summed E-state index contributed by atoms with van der Waals surface area (Å²) in [5.74, 6) is 3.82. The maximum absolute atomic E-state index is 12.3. The number of rotatable bonds is 3. The van der Waals surface area contributed by atoms with E-state index in [1.165, 1.54) is 0 Å². The number of carbonyl (C=O) groups is 1. The van der Waals surface area contributed by atoms with Gasteiger partial charge in [-0.2, -0.15) is 11.8 Å². The Hall–Kier alpha value is -1.50. The van der Waals surface area contributed by atoms with Gasteiger partial charge in [-0.1, -0.05) is 0 Å². The molecule has 0 unspecified atom stereocenters. The lowest BCUT2D eigenvalue weighted by molar-refractivity contribution is -0.135. The van der Waals surface area contributed by atoms with E-state index in [4.69, 9.17) is 4.74 Å². The largest absolute Gasteiger partial charge is 0.494 e. The molecular formula is C13H18N4O2S. The maximum atomic E-state index is 12.3. The Morgan fingerprint density at radius 1 is 1.30 bits per heavy atom. The Kier molecular flexibility index (Phi) is 3.95. The third-order valence-corrected chi connectivity index (χ3v) is 4.63.